The molecule has 36 heavy (non-hydrogen) atoms. The summed E-state index contributed by atoms with van der Waals surface area (Å²) in [4.78, 5) is 29.9. The van der Waals surface area contributed by atoms with Gasteiger partial charge in [-0.3, -0.25) is 4.79 Å². The van der Waals surface area contributed by atoms with Crippen molar-refractivity contribution in [2.45, 2.75) is 27.3 Å². The van der Waals surface area contributed by atoms with Crippen LogP contribution in [0.1, 0.15) is 31.6 Å². The van der Waals surface area contributed by atoms with Crippen molar-refractivity contribution in [3.8, 4) is 11.1 Å². The normalized spacial score (nSPS) is 11.7. The summed E-state index contributed by atoms with van der Waals surface area (Å²) in [7, 11) is 1.47. The van der Waals surface area contributed by atoms with Crippen molar-refractivity contribution < 1.29 is 23.5 Å². The summed E-state index contributed by atoms with van der Waals surface area (Å²) in [6.45, 7) is 3.49. The van der Waals surface area contributed by atoms with Crippen LogP contribution in [-0.2, 0) is 4.79 Å². The number of anilines is 2. The number of carbonyl (C=O) groups excluding carboxylic acids is 1. The van der Waals surface area contributed by atoms with E-state index in [0.29, 0.717) is 32.0 Å². The maximum Gasteiger partial charge on any atom is 0.326 e. The molecular weight excluding hydrogens is 484 g/mol. The molecule has 0 radical (unpaired) electrons. The second-order valence-electron chi connectivity index (χ2n) is 8.47. The van der Waals surface area contributed by atoms with E-state index in [-0.39, 0.29) is 24.8 Å². The van der Waals surface area contributed by atoms with Crippen molar-refractivity contribution in [2.75, 3.05) is 12.4 Å². The maximum atomic E-state index is 14.8. The van der Waals surface area contributed by atoms with E-state index in [1.54, 1.807) is 56.3 Å². The summed E-state index contributed by atoms with van der Waals surface area (Å²) < 4.78 is 28.9. The van der Waals surface area contributed by atoms with E-state index < -0.39 is 23.7 Å². The first-order chi connectivity index (χ1) is 16.6. The quantitative estimate of drug-likeness (QED) is 0.285. The molecule has 188 valence electrons. The molecule has 6 nitrogen and oxygen atoms in total. The predicted molar refractivity (Wildman–Crippen MR) is 140 cm³/mol. The Morgan fingerprint density at radius 1 is 1.00 bits per heavy atom. The fourth-order valence-corrected chi connectivity index (χ4v) is 4.80. The van der Waals surface area contributed by atoms with Gasteiger partial charge in [0.15, 0.2) is 5.13 Å². The Labute approximate surface area is 212 Å². The van der Waals surface area contributed by atoms with E-state index in [0.717, 1.165) is 0 Å². The summed E-state index contributed by atoms with van der Waals surface area (Å²) in [5.41, 5.74) is 2.50. The van der Waals surface area contributed by atoms with Gasteiger partial charge in [0, 0.05) is 12.6 Å². The minimum absolute atomic E-state index is 0. The second kappa shape index (κ2) is 10.8. The molecule has 1 heterocycles. The number of nitrogens with one attached hydrogen (secondary N) is 1. The molecule has 0 spiro atoms. The van der Waals surface area contributed by atoms with E-state index in [2.05, 4.69) is 10.3 Å². The number of hydrogen-bond donors (Lipinski definition) is 2. The molecule has 4 rings (SSSR count). The first-order valence-electron chi connectivity index (χ1n) is 10.9. The molecule has 1 atom stereocenters. The smallest absolute Gasteiger partial charge is 0.326 e. The van der Waals surface area contributed by atoms with Crippen molar-refractivity contribution >= 4 is 44.2 Å². The Morgan fingerprint density at radius 2 is 1.67 bits per heavy atom. The van der Waals surface area contributed by atoms with Crippen LogP contribution in [-0.4, -0.2) is 40.0 Å². The first kappa shape index (κ1) is 26.7. The van der Waals surface area contributed by atoms with Gasteiger partial charge in [-0.1, -0.05) is 50.8 Å². The Balaban J connectivity index is 0.00000361. The summed E-state index contributed by atoms with van der Waals surface area (Å²) in [6.07, 6.45) is 0. The zero-order valence-corrected chi connectivity index (χ0v) is 20.1. The van der Waals surface area contributed by atoms with Crippen LogP contribution in [0.5, 0.6) is 0 Å². The molecular formula is C27H27F2N3O3S. The van der Waals surface area contributed by atoms with Crippen molar-refractivity contribution in [3.05, 3.63) is 77.9 Å². The molecule has 0 bridgehead atoms. The summed E-state index contributed by atoms with van der Waals surface area (Å²) in [5, 5.41) is 12.8. The number of carboxylic acid groups (broad SMARTS) is 1. The molecule has 1 aromatic heterocycles. The van der Waals surface area contributed by atoms with Crippen molar-refractivity contribution in [2.24, 2.45) is 5.92 Å². The number of carbonyl (C=O) groups is 2. The van der Waals surface area contributed by atoms with Crippen LogP contribution in [0.3, 0.4) is 0 Å². The lowest BCUT2D eigenvalue weighted by Gasteiger charge is -2.27. The topological polar surface area (TPSA) is 82.5 Å². The predicted octanol–water partition coefficient (Wildman–Crippen LogP) is 6.80. The summed E-state index contributed by atoms with van der Waals surface area (Å²) in [6, 6.07) is 14.6. The molecule has 0 fully saturated rings. The lowest BCUT2D eigenvalue weighted by atomic mass is 10.0. The van der Waals surface area contributed by atoms with Crippen LogP contribution in [0.4, 0.5) is 19.6 Å². The number of rotatable bonds is 7. The number of amides is 1. The van der Waals surface area contributed by atoms with Crippen molar-refractivity contribution in [1.82, 2.24) is 9.88 Å². The fraction of sp³-hybridized carbons (Fsp3) is 0.222. The summed E-state index contributed by atoms with van der Waals surface area (Å²) in [5.74, 6) is -2.56. The number of aliphatic carboxylic acids is 1. The number of likely N-dealkylation sites (N-methyl/N-ethyl adjacent to an activating group) is 1. The van der Waals surface area contributed by atoms with Gasteiger partial charge in [0.1, 0.15) is 17.7 Å². The summed E-state index contributed by atoms with van der Waals surface area (Å²) >= 11 is 1.23. The Morgan fingerprint density at radius 3 is 2.28 bits per heavy atom. The van der Waals surface area contributed by atoms with Gasteiger partial charge in [0.2, 0.25) is 0 Å². The number of benzene rings is 3. The van der Waals surface area contributed by atoms with Gasteiger partial charge < -0.3 is 15.3 Å². The molecule has 0 saturated carbocycles. The van der Waals surface area contributed by atoms with Gasteiger partial charge in [0.25, 0.3) is 5.91 Å². The van der Waals surface area contributed by atoms with Crippen LogP contribution in [0, 0.1) is 17.6 Å². The van der Waals surface area contributed by atoms with Gasteiger partial charge >= 0.3 is 5.97 Å². The molecule has 0 aliphatic carbocycles. The third-order valence-electron chi connectivity index (χ3n) is 5.65. The van der Waals surface area contributed by atoms with Crippen LogP contribution in [0.25, 0.3) is 21.3 Å². The third kappa shape index (κ3) is 5.52. The number of fused-ring (bicyclic) bond motifs is 1. The highest BCUT2D eigenvalue weighted by Gasteiger charge is 2.30. The van der Waals surface area contributed by atoms with E-state index in [1.807, 2.05) is 0 Å². The molecule has 0 saturated heterocycles. The minimum Gasteiger partial charge on any atom is -0.480 e. The lowest BCUT2D eigenvalue weighted by Crippen LogP contribution is -2.45. The Kier molecular flexibility index (Phi) is 8.04. The number of halogens is 2. The molecule has 2 N–H and O–H groups in total. The number of nitrogens with zero attached hydrogens (tertiary/aromatic N) is 2. The van der Waals surface area contributed by atoms with E-state index in [4.69, 9.17) is 0 Å². The number of carboxylic acids is 1. The van der Waals surface area contributed by atoms with Gasteiger partial charge in [-0.05, 0) is 59.5 Å². The third-order valence-corrected chi connectivity index (χ3v) is 6.58. The highest BCUT2D eigenvalue weighted by molar-refractivity contribution is 7.22. The molecule has 0 aliphatic rings. The van der Waals surface area contributed by atoms with Crippen molar-refractivity contribution in [1.29, 1.82) is 0 Å². The zero-order chi connectivity index (χ0) is 25.3. The zero-order valence-electron chi connectivity index (χ0n) is 19.3. The monoisotopic (exact) mass is 511 g/mol. The van der Waals surface area contributed by atoms with E-state index >= 15 is 0 Å². The van der Waals surface area contributed by atoms with Crippen LogP contribution in [0.15, 0.2) is 60.7 Å². The molecule has 1 amide bonds. The van der Waals surface area contributed by atoms with Gasteiger partial charge in [-0.25, -0.2) is 18.6 Å². The average Bonchev–Trinajstić information content (AvgIpc) is 3.21. The highest BCUT2D eigenvalue weighted by atomic mass is 32.1. The number of aromatic nitrogens is 1. The molecule has 0 aliphatic heterocycles. The number of thiazole rings is 1. The maximum absolute atomic E-state index is 14.8. The Hall–Kier alpha value is -3.85. The van der Waals surface area contributed by atoms with Crippen LogP contribution in [0.2, 0.25) is 0 Å². The Bertz CT molecular complexity index is 1400. The second-order valence-corrected chi connectivity index (χ2v) is 9.50. The van der Waals surface area contributed by atoms with Gasteiger partial charge in [-0.2, -0.15) is 0 Å². The lowest BCUT2D eigenvalue weighted by molar-refractivity contribution is -0.143. The van der Waals surface area contributed by atoms with Gasteiger partial charge in [0.05, 0.1) is 15.9 Å². The van der Waals surface area contributed by atoms with E-state index in [1.165, 1.54) is 41.5 Å². The number of hydrogen-bond acceptors (Lipinski definition) is 5. The standard InChI is InChI=1S/C26H23F2N3O3S.CH4/c1-14(2)23(25(33)34)31(3)24(32)16-6-4-15(5-7-16)17-8-10-20(19(28)12-17)29-26-30-21-11-9-18(27)13-22(21)35-26;/h4-14,23H,1-3H3,(H,29,30)(H,33,34);1H4/t23-;/m0./s1. The molecule has 4 aromatic rings. The minimum atomic E-state index is -1.06. The average molecular weight is 512 g/mol. The molecule has 0 unspecified atom stereocenters. The van der Waals surface area contributed by atoms with Crippen molar-refractivity contribution in [3.63, 3.8) is 0 Å². The largest absolute Gasteiger partial charge is 0.480 e. The fourth-order valence-electron chi connectivity index (χ4n) is 3.90. The highest BCUT2D eigenvalue weighted by Crippen LogP contribution is 2.31. The first-order valence-corrected chi connectivity index (χ1v) is 11.7. The molecule has 3 aromatic carbocycles. The SMILES string of the molecule is C.CC(C)[C@@H](C(=O)O)N(C)C(=O)c1ccc(-c2ccc(Nc3nc4ccc(F)cc4s3)c(F)c2)cc1. The van der Waals surface area contributed by atoms with Gasteiger partial charge in [-0.15, -0.1) is 0 Å². The molecule has 9 heteroatoms. The van der Waals surface area contributed by atoms with Crippen LogP contribution >= 0.6 is 11.3 Å². The van der Waals surface area contributed by atoms with E-state index in [9.17, 15) is 23.5 Å². The van der Waals surface area contributed by atoms with Crippen LogP contribution < -0.4 is 5.32 Å².